The van der Waals surface area contributed by atoms with Crippen molar-refractivity contribution in [1.82, 2.24) is 10.6 Å². The van der Waals surface area contributed by atoms with Gasteiger partial charge in [0.1, 0.15) is 0 Å². The molecule has 1 aliphatic carbocycles. The van der Waals surface area contributed by atoms with Crippen LogP contribution in [0.25, 0.3) is 0 Å². The van der Waals surface area contributed by atoms with Crippen LogP contribution in [0.5, 0.6) is 0 Å². The summed E-state index contributed by atoms with van der Waals surface area (Å²) in [5.41, 5.74) is 0. The van der Waals surface area contributed by atoms with Gasteiger partial charge in [-0.25, -0.2) is 4.79 Å². The SMILES string of the molecule is N#CCCNC(=O)NCC1CCCCC1. The molecule has 0 saturated heterocycles. The molecule has 1 rings (SSSR count). The molecule has 0 radical (unpaired) electrons. The fourth-order valence-corrected chi connectivity index (χ4v) is 1.92. The minimum atomic E-state index is -0.143. The summed E-state index contributed by atoms with van der Waals surface area (Å²) < 4.78 is 0. The summed E-state index contributed by atoms with van der Waals surface area (Å²) in [7, 11) is 0. The number of amides is 2. The summed E-state index contributed by atoms with van der Waals surface area (Å²) in [6.07, 6.45) is 6.77. The third-order valence-corrected chi connectivity index (χ3v) is 2.80. The number of hydrogen-bond acceptors (Lipinski definition) is 2. The highest BCUT2D eigenvalue weighted by Crippen LogP contribution is 2.22. The number of rotatable bonds is 4. The van der Waals surface area contributed by atoms with Crippen LogP contribution in [0.1, 0.15) is 38.5 Å². The Bertz CT molecular complexity index is 228. The average molecular weight is 209 g/mol. The molecule has 0 aromatic heterocycles. The summed E-state index contributed by atoms with van der Waals surface area (Å²) in [5, 5.41) is 13.8. The number of carbonyl (C=O) groups excluding carboxylic acids is 1. The van der Waals surface area contributed by atoms with Gasteiger partial charge in [0.2, 0.25) is 0 Å². The molecule has 1 saturated carbocycles. The van der Waals surface area contributed by atoms with E-state index in [1.165, 1.54) is 32.1 Å². The number of carbonyl (C=O) groups is 1. The largest absolute Gasteiger partial charge is 0.338 e. The van der Waals surface area contributed by atoms with E-state index in [1.54, 1.807) is 0 Å². The lowest BCUT2D eigenvalue weighted by Gasteiger charge is -2.21. The maximum absolute atomic E-state index is 11.2. The molecule has 0 atom stereocenters. The molecule has 4 nitrogen and oxygen atoms in total. The van der Waals surface area contributed by atoms with Crippen molar-refractivity contribution >= 4 is 6.03 Å². The molecular formula is C11H19N3O. The van der Waals surface area contributed by atoms with E-state index >= 15 is 0 Å². The fraction of sp³-hybridized carbons (Fsp3) is 0.818. The van der Waals surface area contributed by atoms with Crippen molar-refractivity contribution in [3.63, 3.8) is 0 Å². The van der Waals surface area contributed by atoms with Crippen LogP contribution in [-0.4, -0.2) is 19.1 Å². The van der Waals surface area contributed by atoms with Crippen molar-refractivity contribution in [2.24, 2.45) is 5.92 Å². The maximum atomic E-state index is 11.2. The smallest absolute Gasteiger partial charge is 0.314 e. The van der Waals surface area contributed by atoms with Gasteiger partial charge in [-0.05, 0) is 18.8 Å². The Morgan fingerprint density at radius 3 is 2.67 bits per heavy atom. The standard InChI is InChI=1S/C11H19N3O/c12-7-4-8-13-11(15)14-9-10-5-2-1-3-6-10/h10H,1-6,8-9H2,(H2,13,14,15). The van der Waals surface area contributed by atoms with Crippen LogP contribution in [0.2, 0.25) is 0 Å². The van der Waals surface area contributed by atoms with Crippen LogP contribution >= 0.6 is 0 Å². The van der Waals surface area contributed by atoms with Crippen LogP contribution in [0.15, 0.2) is 0 Å². The van der Waals surface area contributed by atoms with Crippen molar-refractivity contribution in [2.75, 3.05) is 13.1 Å². The number of hydrogen-bond donors (Lipinski definition) is 2. The molecule has 15 heavy (non-hydrogen) atoms. The predicted molar refractivity (Wildman–Crippen MR) is 58.2 cm³/mol. The van der Waals surface area contributed by atoms with Gasteiger partial charge in [-0.1, -0.05) is 19.3 Å². The molecule has 0 unspecified atom stereocenters. The zero-order valence-corrected chi connectivity index (χ0v) is 9.09. The van der Waals surface area contributed by atoms with Crippen LogP contribution < -0.4 is 10.6 Å². The van der Waals surface area contributed by atoms with E-state index in [9.17, 15) is 4.79 Å². The first kappa shape index (κ1) is 11.8. The van der Waals surface area contributed by atoms with Crippen LogP contribution in [0.3, 0.4) is 0 Å². The number of nitriles is 1. The number of urea groups is 1. The molecule has 4 heteroatoms. The lowest BCUT2D eigenvalue weighted by Crippen LogP contribution is -2.38. The van der Waals surface area contributed by atoms with Crippen molar-refractivity contribution in [1.29, 1.82) is 5.26 Å². The molecule has 1 aliphatic rings. The van der Waals surface area contributed by atoms with E-state index in [0.717, 1.165) is 6.54 Å². The van der Waals surface area contributed by atoms with Crippen molar-refractivity contribution < 1.29 is 4.79 Å². The minimum Gasteiger partial charge on any atom is -0.338 e. The summed E-state index contributed by atoms with van der Waals surface area (Å²) in [6.45, 7) is 1.21. The molecule has 0 heterocycles. The molecule has 0 aliphatic heterocycles. The highest BCUT2D eigenvalue weighted by atomic mass is 16.2. The van der Waals surface area contributed by atoms with Gasteiger partial charge in [-0.2, -0.15) is 5.26 Å². The second-order valence-electron chi connectivity index (χ2n) is 4.05. The molecule has 0 aromatic rings. The number of nitrogens with one attached hydrogen (secondary N) is 2. The van der Waals surface area contributed by atoms with E-state index in [4.69, 9.17) is 5.26 Å². The summed E-state index contributed by atoms with van der Waals surface area (Å²) >= 11 is 0. The molecule has 0 spiro atoms. The quantitative estimate of drug-likeness (QED) is 0.693. The zero-order chi connectivity index (χ0) is 10.9. The van der Waals surface area contributed by atoms with E-state index in [0.29, 0.717) is 18.9 Å². The Labute approximate surface area is 91.0 Å². The van der Waals surface area contributed by atoms with E-state index in [-0.39, 0.29) is 6.03 Å². The van der Waals surface area contributed by atoms with E-state index in [2.05, 4.69) is 10.6 Å². The Morgan fingerprint density at radius 1 is 1.27 bits per heavy atom. The first-order chi connectivity index (χ1) is 7.33. The lowest BCUT2D eigenvalue weighted by molar-refractivity contribution is 0.236. The summed E-state index contributed by atoms with van der Waals surface area (Å²) in [5.74, 6) is 0.653. The Kier molecular flexibility index (Phi) is 5.60. The number of nitrogens with zero attached hydrogens (tertiary/aromatic N) is 1. The van der Waals surface area contributed by atoms with Crippen LogP contribution in [-0.2, 0) is 0 Å². The predicted octanol–water partition coefficient (Wildman–Crippen LogP) is 1.78. The lowest BCUT2D eigenvalue weighted by atomic mass is 9.89. The highest BCUT2D eigenvalue weighted by Gasteiger charge is 2.13. The molecule has 2 N–H and O–H groups in total. The minimum absolute atomic E-state index is 0.143. The van der Waals surface area contributed by atoms with E-state index in [1.807, 2.05) is 6.07 Å². The second-order valence-corrected chi connectivity index (χ2v) is 4.05. The third kappa shape index (κ3) is 5.26. The fourth-order valence-electron chi connectivity index (χ4n) is 1.92. The Morgan fingerprint density at radius 2 is 2.00 bits per heavy atom. The molecule has 84 valence electrons. The first-order valence-corrected chi connectivity index (χ1v) is 5.71. The Hall–Kier alpha value is -1.24. The molecule has 0 aromatic carbocycles. The molecular weight excluding hydrogens is 190 g/mol. The molecule has 0 bridgehead atoms. The van der Waals surface area contributed by atoms with Gasteiger partial charge in [0, 0.05) is 13.1 Å². The average Bonchev–Trinajstić information content (AvgIpc) is 2.28. The van der Waals surface area contributed by atoms with Gasteiger partial charge in [0.15, 0.2) is 0 Å². The first-order valence-electron chi connectivity index (χ1n) is 5.71. The normalized spacial score (nSPS) is 16.7. The van der Waals surface area contributed by atoms with Gasteiger partial charge >= 0.3 is 6.03 Å². The van der Waals surface area contributed by atoms with Gasteiger partial charge in [-0.15, -0.1) is 0 Å². The molecule has 1 fully saturated rings. The van der Waals surface area contributed by atoms with Crippen molar-refractivity contribution in [3.8, 4) is 6.07 Å². The van der Waals surface area contributed by atoms with Crippen molar-refractivity contribution in [3.05, 3.63) is 0 Å². The molecule has 2 amide bonds. The summed E-state index contributed by atoms with van der Waals surface area (Å²) in [4.78, 5) is 11.2. The second kappa shape index (κ2) is 7.10. The zero-order valence-electron chi connectivity index (χ0n) is 9.09. The van der Waals surface area contributed by atoms with Crippen molar-refractivity contribution in [2.45, 2.75) is 38.5 Å². The van der Waals surface area contributed by atoms with Crippen LogP contribution in [0, 0.1) is 17.2 Å². The van der Waals surface area contributed by atoms with Gasteiger partial charge in [0.25, 0.3) is 0 Å². The monoisotopic (exact) mass is 209 g/mol. The maximum Gasteiger partial charge on any atom is 0.314 e. The summed E-state index contributed by atoms with van der Waals surface area (Å²) in [6, 6.07) is 1.84. The third-order valence-electron chi connectivity index (χ3n) is 2.80. The van der Waals surface area contributed by atoms with Crippen LogP contribution in [0.4, 0.5) is 4.79 Å². The van der Waals surface area contributed by atoms with Gasteiger partial charge in [-0.3, -0.25) is 0 Å². The van der Waals surface area contributed by atoms with E-state index < -0.39 is 0 Å². The topological polar surface area (TPSA) is 64.9 Å². The highest BCUT2D eigenvalue weighted by molar-refractivity contribution is 5.73. The Balaban J connectivity index is 2.03. The van der Waals surface area contributed by atoms with Gasteiger partial charge in [0.05, 0.1) is 12.5 Å². The van der Waals surface area contributed by atoms with Gasteiger partial charge < -0.3 is 10.6 Å².